The highest BCUT2D eigenvalue weighted by Crippen LogP contribution is 2.15. The number of likely N-dealkylation sites (tertiary alicyclic amines) is 1. The van der Waals surface area contributed by atoms with Gasteiger partial charge < -0.3 is 10.2 Å². The SMILES string of the molecule is C1CCN(CC2CCCNC2)CC1. The third-order valence-electron chi connectivity index (χ3n) is 3.36. The molecule has 2 aliphatic heterocycles. The van der Waals surface area contributed by atoms with E-state index in [1.165, 1.54) is 64.8 Å². The van der Waals surface area contributed by atoms with Crippen molar-refractivity contribution in [1.29, 1.82) is 0 Å². The van der Waals surface area contributed by atoms with Gasteiger partial charge in [-0.3, -0.25) is 0 Å². The Labute approximate surface area is 81.7 Å². The Morgan fingerprint density at radius 2 is 1.92 bits per heavy atom. The maximum absolute atomic E-state index is 3.50. The van der Waals surface area contributed by atoms with Crippen molar-refractivity contribution in [1.82, 2.24) is 10.2 Å². The molecule has 2 fully saturated rings. The number of rotatable bonds is 2. The predicted molar refractivity (Wildman–Crippen MR) is 55.9 cm³/mol. The average Bonchev–Trinajstić information content (AvgIpc) is 2.21. The van der Waals surface area contributed by atoms with E-state index in [1.54, 1.807) is 0 Å². The highest BCUT2D eigenvalue weighted by Gasteiger charge is 2.17. The lowest BCUT2D eigenvalue weighted by Crippen LogP contribution is -2.40. The minimum Gasteiger partial charge on any atom is -0.316 e. The van der Waals surface area contributed by atoms with Crippen molar-refractivity contribution in [3.63, 3.8) is 0 Å². The van der Waals surface area contributed by atoms with Crippen LogP contribution in [0.15, 0.2) is 0 Å². The van der Waals surface area contributed by atoms with E-state index in [1.807, 2.05) is 0 Å². The second-order valence-electron chi connectivity index (χ2n) is 4.57. The molecule has 0 spiro atoms. The van der Waals surface area contributed by atoms with Gasteiger partial charge in [-0.1, -0.05) is 6.42 Å². The first kappa shape index (κ1) is 9.47. The zero-order chi connectivity index (χ0) is 8.93. The van der Waals surface area contributed by atoms with Crippen LogP contribution >= 0.6 is 0 Å². The lowest BCUT2D eigenvalue weighted by molar-refractivity contribution is 0.180. The maximum Gasteiger partial charge on any atom is 0.00218 e. The number of nitrogens with zero attached hydrogens (tertiary/aromatic N) is 1. The summed E-state index contributed by atoms with van der Waals surface area (Å²) < 4.78 is 0. The highest BCUT2D eigenvalue weighted by molar-refractivity contribution is 4.74. The highest BCUT2D eigenvalue weighted by atomic mass is 15.1. The van der Waals surface area contributed by atoms with Crippen molar-refractivity contribution in [2.24, 2.45) is 5.92 Å². The Balaban J connectivity index is 1.69. The molecule has 0 aromatic rings. The van der Waals surface area contributed by atoms with Gasteiger partial charge in [-0.05, 0) is 57.8 Å². The van der Waals surface area contributed by atoms with Gasteiger partial charge in [0, 0.05) is 6.54 Å². The van der Waals surface area contributed by atoms with Gasteiger partial charge in [0.15, 0.2) is 0 Å². The molecule has 0 bridgehead atoms. The number of hydrogen-bond acceptors (Lipinski definition) is 2. The van der Waals surface area contributed by atoms with Gasteiger partial charge in [-0.25, -0.2) is 0 Å². The molecule has 0 amide bonds. The minimum absolute atomic E-state index is 0.937. The van der Waals surface area contributed by atoms with Crippen molar-refractivity contribution in [3.8, 4) is 0 Å². The van der Waals surface area contributed by atoms with Crippen LogP contribution in [0.3, 0.4) is 0 Å². The van der Waals surface area contributed by atoms with Crippen LogP contribution in [-0.4, -0.2) is 37.6 Å². The molecule has 1 atom stereocenters. The topological polar surface area (TPSA) is 15.3 Å². The van der Waals surface area contributed by atoms with E-state index in [0.29, 0.717) is 0 Å². The zero-order valence-corrected chi connectivity index (χ0v) is 8.60. The van der Waals surface area contributed by atoms with Crippen molar-refractivity contribution in [2.75, 3.05) is 32.7 Å². The first-order valence-corrected chi connectivity index (χ1v) is 5.88. The van der Waals surface area contributed by atoms with Crippen LogP contribution in [0.2, 0.25) is 0 Å². The molecule has 2 aliphatic rings. The fourth-order valence-corrected chi connectivity index (χ4v) is 2.59. The summed E-state index contributed by atoms with van der Waals surface area (Å²) in [5, 5.41) is 3.50. The largest absolute Gasteiger partial charge is 0.316 e. The molecule has 1 N–H and O–H groups in total. The van der Waals surface area contributed by atoms with E-state index in [-0.39, 0.29) is 0 Å². The standard InChI is InChI=1S/C11H22N2/c1-2-7-13(8-3-1)10-11-5-4-6-12-9-11/h11-12H,1-10H2. The summed E-state index contributed by atoms with van der Waals surface area (Å²) in [7, 11) is 0. The summed E-state index contributed by atoms with van der Waals surface area (Å²) in [4.78, 5) is 2.67. The van der Waals surface area contributed by atoms with Crippen LogP contribution in [0.1, 0.15) is 32.1 Å². The molecule has 2 heteroatoms. The summed E-state index contributed by atoms with van der Waals surface area (Å²) in [6.45, 7) is 6.58. The molecular formula is C11H22N2. The van der Waals surface area contributed by atoms with Crippen molar-refractivity contribution < 1.29 is 0 Å². The van der Waals surface area contributed by atoms with Crippen LogP contribution in [0, 0.1) is 5.92 Å². The van der Waals surface area contributed by atoms with E-state index in [0.717, 1.165) is 5.92 Å². The first-order chi connectivity index (χ1) is 6.45. The molecule has 2 heterocycles. The molecule has 2 saturated heterocycles. The monoisotopic (exact) mass is 182 g/mol. The lowest BCUT2D eigenvalue weighted by atomic mass is 9.98. The fraction of sp³-hybridized carbons (Fsp3) is 1.00. The summed E-state index contributed by atoms with van der Waals surface area (Å²) in [5.41, 5.74) is 0. The van der Waals surface area contributed by atoms with Crippen molar-refractivity contribution >= 4 is 0 Å². The van der Waals surface area contributed by atoms with Crippen LogP contribution in [0.25, 0.3) is 0 Å². The van der Waals surface area contributed by atoms with Crippen LogP contribution in [-0.2, 0) is 0 Å². The molecule has 76 valence electrons. The number of hydrogen-bond donors (Lipinski definition) is 1. The predicted octanol–water partition coefficient (Wildman–Crippen LogP) is 1.47. The molecule has 2 nitrogen and oxygen atoms in total. The van der Waals surface area contributed by atoms with E-state index < -0.39 is 0 Å². The van der Waals surface area contributed by atoms with Gasteiger partial charge in [0.05, 0.1) is 0 Å². The fourth-order valence-electron chi connectivity index (χ4n) is 2.59. The molecule has 0 radical (unpaired) electrons. The maximum atomic E-state index is 3.50. The summed E-state index contributed by atoms with van der Waals surface area (Å²) >= 11 is 0. The second kappa shape index (κ2) is 4.97. The number of piperidine rings is 2. The van der Waals surface area contributed by atoms with Gasteiger partial charge in [0.1, 0.15) is 0 Å². The molecular weight excluding hydrogens is 160 g/mol. The third kappa shape index (κ3) is 2.96. The molecule has 0 aromatic carbocycles. The molecule has 13 heavy (non-hydrogen) atoms. The summed E-state index contributed by atoms with van der Waals surface area (Å²) in [5.74, 6) is 0.937. The Hall–Kier alpha value is -0.0800. The Bertz CT molecular complexity index is 119. The average molecular weight is 182 g/mol. The van der Waals surface area contributed by atoms with E-state index in [2.05, 4.69) is 10.2 Å². The quantitative estimate of drug-likeness (QED) is 0.696. The molecule has 0 aromatic heterocycles. The lowest BCUT2D eigenvalue weighted by Gasteiger charge is -2.32. The minimum atomic E-state index is 0.937. The molecule has 0 aliphatic carbocycles. The Morgan fingerprint density at radius 1 is 1.08 bits per heavy atom. The van der Waals surface area contributed by atoms with Crippen LogP contribution in [0.5, 0.6) is 0 Å². The van der Waals surface area contributed by atoms with Gasteiger partial charge in [0.25, 0.3) is 0 Å². The van der Waals surface area contributed by atoms with E-state index in [4.69, 9.17) is 0 Å². The summed E-state index contributed by atoms with van der Waals surface area (Å²) in [6, 6.07) is 0. The Kier molecular flexibility index (Phi) is 3.62. The summed E-state index contributed by atoms with van der Waals surface area (Å²) in [6.07, 6.45) is 7.15. The smallest absolute Gasteiger partial charge is 0.00218 e. The van der Waals surface area contributed by atoms with Gasteiger partial charge in [-0.2, -0.15) is 0 Å². The molecule has 2 rings (SSSR count). The Morgan fingerprint density at radius 3 is 2.62 bits per heavy atom. The second-order valence-corrected chi connectivity index (χ2v) is 4.57. The van der Waals surface area contributed by atoms with E-state index in [9.17, 15) is 0 Å². The third-order valence-corrected chi connectivity index (χ3v) is 3.36. The molecule has 1 unspecified atom stereocenters. The van der Waals surface area contributed by atoms with Crippen LogP contribution in [0.4, 0.5) is 0 Å². The molecule has 0 saturated carbocycles. The normalized spacial score (nSPS) is 31.8. The van der Waals surface area contributed by atoms with Gasteiger partial charge in [-0.15, -0.1) is 0 Å². The zero-order valence-electron chi connectivity index (χ0n) is 8.60. The van der Waals surface area contributed by atoms with Gasteiger partial charge in [0.2, 0.25) is 0 Å². The van der Waals surface area contributed by atoms with E-state index >= 15 is 0 Å². The van der Waals surface area contributed by atoms with Crippen molar-refractivity contribution in [3.05, 3.63) is 0 Å². The van der Waals surface area contributed by atoms with Gasteiger partial charge >= 0.3 is 0 Å². The van der Waals surface area contributed by atoms with Crippen molar-refractivity contribution in [2.45, 2.75) is 32.1 Å². The first-order valence-electron chi connectivity index (χ1n) is 5.88. The van der Waals surface area contributed by atoms with Crippen LogP contribution < -0.4 is 5.32 Å². The number of nitrogens with one attached hydrogen (secondary N) is 1.